The predicted molar refractivity (Wildman–Crippen MR) is 110 cm³/mol. The van der Waals surface area contributed by atoms with E-state index in [9.17, 15) is 19.8 Å². The van der Waals surface area contributed by atoms with Gasteiger partial charge in [-0.1, -0.05) is 25.5 Å². The van der Waals surface area contributed by atoms with Crippen molar-refractivity contribution in [2.45, 2.75) is 32.7 Å². The van der Waals surface area contributed by atoms with Gasteiger partial charge in [0.2, 0.25) is 0 Å². The van der Waals surface area contributed by atoms with Crippen LogP contribution in [0, 0.1) is 6.92 Å². The minimum absolute atomic E-state index is 0.0290. The summed E-state index contributed by atoms with van der Waals surface area (Å²) in [4.78, 5) is 27.1. The highest BCUT2D eigenvalue weighted by atomic mass is 16.5. The van der Waals surface area contributed by atoms with E-state index in [1.165, 1.54) is 17.0 Å². The summed E-state index contributed by atoms with van der Waals surface area (Å²) in [6.45, 7) is 4.22. The van der Waals surface area contributed by atoms with Gasteiger partial charge in [0.1, 0.15) is 17.3 Å². The molecule has 1 fully saturated rings. The Balaban J connectivity index is 2.17. The molecule has 2 N–H and O–H groups in total. The number of benzene rings is 2. The molecular formula is C23H25NO5. The molecule has 1 aliphatic heterocycles. The monoisotopic (exact) mass is 395 g/mol. The summed E-state index contributed by atoms with van der Waals surface area (Å²) in [7, 11) is 1.56. The molecule has 0 saturated carbocycles. The molecule has 6 heteroatoms. The lowest BCUT2D eigenvalue weighted by atomic mass is 9.94. The van der Waals surface area contributed by atoms with Crippen LogP contribution in [0.4, 0.5) is 0 Å². The molecule has 29 heavy (non-hydrogen) atoms. The van der Waals surface area contributed by atoms with E-state index < -0.39 is 17.7 Å². The first kappa shape index (κ1) is 20.5. The Labute approximate surface area is 170 Å². The van der Waals surface area contributed by atoms with Crippen LogP contribution in [0.25, 0.3) is 5.76 Å². The molecule has 1 saturated heterocycles. The van der Waals surface area contributed by atoms with E-state index in [0.29, 0.717) is 23.4 Å². The van der Waals surface area contributed by atoms with Crippen molar-refractivity contribution in [3.05, 3.63) is 64.7 Å². The van der Waals surface area contributed by atoms with Gasteiger partial charge in [0.05, 0.1) is 18.7 Å². The number of phenolic OH excluding ortho intramolecular Hbond substituents is 1. The number of Topliss-reactive ketones (excluding diaryl/α,β-unsaturated/α-hetero) is 1. The quantitative estimate of drug-likeness (QED) is 0.440. The number of phenols is 1. The number of hydrogen-bond donors (Lipinski definition) is 2. The van der Waals surface area contributed by atoms with Gasteiger partial charge in [0, 0.05) is 12.1 Å². The van der Waals surface area contributed by atoms with Crippen LogP contribution in [0.15, 0.2) is 48.0 Å². The third-order valence-corrected chi connectivity index (χ3v) is 5.15. The number of carbonyl (C=O) groups is 2. The fourth-order valence-electron chi connectivity index (χ4n) is 3.66. The first-order chi connectivity index (χ1) is 13.9. The zero-order valence-corrected chi connectivity index (χ0v) is 16.8. The molecule has 1 unspecified atom stereocenters. The van der Waals surface area contributed by atoms with Gasteiger partial charge in [0.15, 0.2) is 0 Å². The highest BCUT2D eigenvalue weighted by molar-refractivity contribution is 6.46. The van der Waals surface area contributed by atoms with Gasteiger partial charge in [-0.15, -0.1) is 0 Å². The number of amides is 1. The lowest BCUT2D eigenvalue weighted by Gasteiger charge is -2.25. The number of unbranched alkanes of at least 4 members (excludes halogenated alkanes) is 1. The zero-order valence-electron chi connectivity index (χ0n) is 16.8. The number of hydrogen-bond acceptors (Lipinski definition) is 5. The van der Waals surface area contributed by atoms with Gasteiger partial charge in [0.25, 0.3) is 11.7 Å². The number of aryl methyl sites for hydroxylation is 1. The number of rotatable bonds is 6. The van der Waals surface area contributed by atoms with Crippen LogP contribution in [0.2, 0.25) is 0 Å². The van der Waals surface area contributed by atoms with E-state index in [0.717, 1.165) is 18.4 Å². The van der Waals surface area contributed by atoms with E-state index in [-0.39, 0.29) is 17.1 Å². The Morgan fingerprint density at radius 3 is 2.55 bits per heavy atom. The Hall–Kier alpha value is -3.28. The number of aromatic hydroxyl groups is 1. The molecule has 1 amide bonds. The second-order valence-corrected chi connectivity index (χ2v) is 7.13. The molecule has 0 aliphatic carbocycles. The predicted octanol–water partition coefficient (Wildman–Crippen LogP) is 3.93. The normalized spacial score (nSPS) is 18.3. The van der Waals surface area contributed by atoms with Crippen molar-refractivity contribution in [2.24, 2.45) is 0 Å². The highest BCUT2D eigenvalue weighted by Gasteiger charge is 2.45. The minimum Gasteiger partial charge on any atom is -0.508 e. The average Bonchev–Trinajstić information content (AvgIpc) is 2.96. The third-order valence-electron chi connectivity index (χ3n) is 5.15. The first-order valence-electron chi connectivity index (χ1n) is 9.61. The molecule has 0 aromatic heterocycles. The van der Waals surface area contributed by atoms with Gasteiger partial charge in [-0.25, -0.2) is 0 Å². The van der Waals surface area contributed by atoms with Gasteiger partial charge in [-0.05, 0) is 54.8 Å². The number of nitrogens with zero attached hydrogens (tertiary/aromatic N) is 1. The van der Waals surface area contributed by atoms with Crippen molar-refractivity contribution >= 4 is 17.4 Å². The number of carbonyl (C=O) groups excluding carboxylic acids is 2. The van der Waals surface area contributed by atoms with Crippen molar-refractivity contribution in [1.29, 1.82) is 0 Å². The van der Waals surface area contributed by atoms with Crippen LogP contribution in [-0.2, 0) is 9.59 Å². The lowest BCUT2D eigenvalue weighted by molar-refractivity contribution is -0.139. The maximum Gasteiger partial charge on any atom is 0.295 e. The zero-order chi connectivity index (χ0) is 21.1. The van der Waals surface area contributed by atoms with E-state index in [1.807, 2.05) is 13.8 Å². The van der Waals surface area contributed by atoms with E-state index in [4.69, 9.17) is 4.74 Å². The summed E-state index contributed by atoms with van der Waals surface area (Å²) in [5.41, 5.74) is 1.83. The molecule has 3 rings (SSSR count). The topological polar surface area (TPSA) is 87.1 Å². The largest absolute Gasteiger partial charge is 0.508 e. The Kier molecular flexibility index (Phi) is 5.92. The summed E-state index contributed by atoms with van der Waals surface area (Å²) in [6, 6.07) is 10.8. The Bertz CT molecular complexity index is 979. The summed E-state index contributed by atoms with van der Waals surface area (Å²) in [5.74, 6) is -0.904. The van der Waals surface area contributed by atoms with Gasteiger partial charge in [-0.3, -0.25) is 9.59 Å². The van der Waals surface area contributed by atoms with Crippen LogP contribution >= 0.6 is 0 Å². The third kappa shape index (κ3) is 3.83. The van der Waals surface area contributed by atoms with E-state index in [1.54, 1.807) is 37.4 Å². The second-order valence-electron chi connectivity index (χ2n) is 7.13. The Morgan fingerprint density at radius 1 is 1.17 bits per heavy atom. The summed E-state index contributed by atoms with van der Waals surface area (Å²) < 4.78 is 5.25. The van der Waals surface area contributed by atoms with Crippen molar-refractivity contribution in [2.75, 3.05) is 13.7 Å². The van der Waals surface area contributed by atoms with Crippen LogP contribution in [0.5, 0.6) is 11.5 Å². The molecule has 0 bridgehead atoms. The molecule has 2 aromatic rings. The summed E-state index contributed by atoms with van der Waals surface area (Å²) in [6.07, 6.45) is 1.58. The van der Waals surface area contributed by atoms with Crippen molar-refractivity contribution in [1.82, 2.24) is 4.90 Å². The molecule has 2 aromatic carbocycles. The van der Waals surface area contributed by atoms with Crippen LogP contribution in [0.1, 0.15) is 42.5 Å². The van der Waals surface area contributed by atoms with Crippen molar-refractivity contribution in [3.63, 3.8) is 0 Å². The molecule has 1 atom stereocenters. The number of ketones is 1. The van der Waals surface area contributed by atoms with Gasteiger partial charge >= 0.3 is 0 Å². The van der Waals surface area contributed by atoms with Crippen LogP contribution in [-0.4, -0.2) is 40.5 Å². The standard InChI is InChI=1S/C23H25NO5/c1-4-5-11-24-20(15-7-6-8-17(25)13-15)19(22(27)23(24)28)21(26)16-9-10-18(29-3)14(2)12-16/h6-10,12-13,20,25-26H,4-5,11H2,1-3H3/b21-19-. The van der Waals surface area contributed by atoms with Crippen LogP contribution < -0.4 is 4.74 Å². The van der Waals surface area contributed by atoms with E-state index >= 15 is 0 Å². The van der Waals surface area contributed by atoms with Crippen molar-refractivity contribution in [3.8, 4) is 11.5 Å². The van der Waals surface area contributed by atoms with Gasteiger partial charge in [-0.2, -0.15) is 0 Å². The highest BCUT2D eigenvalue weighted by Crippen LogP contribution is 2.40. The maximum absolute atomic E-state index is 12.9. The SMILES string of the molecule is CCCCN1C(=O)C(=O)/C(=C(\O)c2ccc(OC)c(C)c2)C1c1cccc(O)c1. The fourth-order valence-corrected chi connectivity index (χ4v) is 3.66. The number of ether oxygens (including phenoxy) is 1. The molecule has 1 aliphatic rings. The number of aliphatic hydroxyl groups is 1. The first-order valence-corrected chi connectivity index (χ1v) is 9.61. The molecule has 0 spiro atoms. The number of methoxy groups -OCH3 is 1. The lowest BCUT2D eigenvalue weighted by Crippen LogP contribution is -2.30. The Morgan fingerprint density at radius 2 is 1.93 bits per heavy atom. The average molecular weight is 395 g/mol. The molecule has 152 valence electrons. The molecule has 1 heterocycles. The summed E-state index contributed by atoms with van der Waals surface area (Å²) >= 11 is 0. The van der Waals surface area contributed by atoms with Crippen molar-refractivity contribution < 1.29 is 24.5 Å². The van der Waals surface area contributed by atoms with Gasteiger partial charge < -0.3 is 19.8 Å². The molecular weight excluding hydrogens is 370 g/mol. The minimum atomic E-state index is -0.754. The second kappa shape index (κ2) is 8.39. The summed E-state index contributed by atoms with van der Waals surface area (Å²) in [5, 5.41) is 20.9. The number of likely N-dealkylation sites (tertiary alicyclic amines) is 1. The van der Waals surface area contributed by atoms with Crippen LogP contribution in [0.3, 0.4) is 0 Å². The fraction of sp³-hybridized carbons (Fsp3) is 0.304. The van der Waals surface area contributed by atoms with E-state index in [2.05, 4.69) is 0 Å². The molecule has 6 nitrogen and oxygen atoms in total. The maximum atomic E-state index is 12.9. The number of aliphatic hydroxyl groups excluding tert-OH is 1. The molecule has 0 radical (unpaired) electrons. The smallest absolute Gasteiger partial charge is 0.295 e.